The van der Waals surface area contributed by atoms with Crippen LogP contribution in [0.5, 0.6) is 0 Å². The molecule has 0 aliphatic rings. The predicted octanol–water partition coefficient (Wildman–Crippen LogP) is 1.65. The molecule has 1 aromatic heterocycles. The molecule has 1 rings (SSSR count). The van der Waals surface area contributed by atoms with E-state index in [2.05, 4.69) is 0 Å². The Labute approximate surface area is 83.7 Å². The predicted molar refractivity (Wildman–Crippen MR) is 55.1 cm³/mol. The summed E-state index contributed by atoms with van der Waals surface area (Å²) in [4.78, 5) is 13.5. The van der Waals surface area contributed by atoms with Crippen molar-refractivity contribution >= 4 is 11.8 Å². The van der Waals surface area contributed by atoms with Gasteiger partial charge in [0.25, 0.3) is 5.91 Å². The highest BCUT2D eigenvalue weighted by Crippen LogP contribution is 2.18. The van der Waals surface area contributed by atoms with E-state index < -0.39 is 0 Å². The number of furan rings is 1. The number of nitrogens with zero attached hydrogens (tertiary/aromatic N) is 1. The zero-order valence-corrected chi connectivity index (χ0v) is 8.83. The van der Waals surface area contributed by atoms with E-state index in [1.807, 2.05) is 13.8 Å². The maximum absolute atomic E-state index is 11.8. The SMILES string of the molecule is CCN(CC)C(=O)c1cc(C)oc1N. The fourth-order valence-corrected chi connectivity index (χ4v) is 1.38. The van der Waals surface area contributed by atoms with Crippen LogP contribution in [-0.2, 0) is 0 Å². The van der Waals surface area contributed by atoms with Crippen LogP contribution in [0.2, 0.25) is 0 Å². The monoisotopic (exact) mass is 196 g/mol. The van der Waals surface area contributed by atoms with Crippen LogP contribution in [0, 0.1) is 6.92 Å². The van der Waals surface area contributed by atoms with Gasteiger partial charge in [-0.1, -0.05) is 0 Å². The van der Waals surface area contributed by atoms with Gasteiger partial charge in [0.2, 0.25) is 5.88 Å². The van der Waals surface area contributed by atoms with Gasteiger partial charge in [-0.15, -0.1) is 0 Å². The van der Waals surface area contributed by atoms with E-state index in [-0.39, 0.29) is 11.8 Å². The van der Waals surface area contributed by atoms with Crippen LogP contribution in [-0.4, -0.2) is 23.9 Å². The van der Waals surface area contributed by atoms with Crippen molar-refractivity contribution < 1.29 is 9.21 Å². The largest absolute Gasteiger partial charge is 0.445 e. The van der Waals surface area contributed by atoms with Crippen LogP contribution < -0.4 is 5.73 Å². The summed E-state index contributed by atoms with van der Waals surface area (Å²) < 4.78 is 5.11. The van der Waals surface area contributed by atoms with Crippen LogP contribution in [0.15, 0.2) is 10.5 Å². The summed E-state index contributed by atoms with van der Waals surface area (Å²) in [5, 5.41) is 0. The number of amides is 1. The molecule has 78 valence electrons. The molecule has 14 heavy (non-hydrogen) atoms. The molecule has 0 bridgehead atoms. The Morgan fingerprint density at radius 1 is 1.50 bits per heavy atom. The molecular weight excluding hydrogens is 180 g/mol. The highest BCUT2D eigenvalue weighted by atomic mass is 16.4. The summed E-state index contributed by atoms with van der Waals surface area (Å²) in [5.41, 5.74) is 6.04. The number of nitrogen functional groups attached to an aromatic ring is 1. The fraction of sp³-hybridized carbons (Fsp3) is 0.500. The van der Waals surface area contributed by atoms with Gasteiger partial charge in [0, 0.05) is 13.1 Å². The number of carbonyl (C=O) groups is 1. The van der Waals surface area contributed by atoms with Gasteiger partial charge < -0.3 is 15.1 Å². The van der Waals surface area contributed by atoms with Gasteiger partial charge in [-0.2, -0.15) is 0 Å². The summed E-state index contributed by atoms with van der Waals surface area (Å²) in [6, 6.07) is 1.68. The molecule has 0 atom stereocenters. The van der Waals surface area contributed by atoms with Crippen molar-refractivity contribution in [3.05, 3.63) is 17.4 Å². The summed E-state index contributed by atoms with van der Waals surface area (Å²) in [5.74, 6) is 0.807. The topological polar surface area (TPSA) is 59.5 Å². The Balaban J connectivity index is 2.93. The highest BCUT2D eigenvalue weighted by molar-refractivity contribution is 5.98. The first-order chi connectivity index (χ1) is 6.60. The molecule has 0 saturated carbocycles. The molecule has 1 heterocycles. The molecule has 4 heteroatoms. The summed E-state index contributed by atoms with van der Waals surface area (Å²) >= 11 is 0. The average molecular weight is 196 g/mol. The van der Waals surface area contributed by atoms with Gasteiger partial charge in [0.1, 0.15) is 11.3 Å². The molecule has 0 fully saturated rings. The van der Waals surface area contributed by atoms with Gasteiger partial charge in [0.15, 0.2) is 0 Å². The molecule has 0 unspecified atom stereocenters. The van der Waals surface area contributed by atoms with E-state index in [9.17, 15) is 4.79 Å². The maximum atomic E-state index is 11.8. The number of rotatable bonds is 3. The van der Waals surface area contributed by atoms with E-state index in [4.69, 9.17) is 10.2 Å². The Bertz CT molecular complexity index is 327. The molecule has 0 aliphatic heterocycles. The van der Waals surface area contributed by atoms with Crippen molar-refractivity contribution in [2.45, 2.75) is 20.8 Å². The maximum Gasteiger partial charge on any atom is 0.259 e. The van der Waals surface area contributed by atoms with Gasteiger partial charge in [-0.05, 0) is 26.8 Å². The standard InChI is InChI=1S/C10H16N2O2/c1-4-12(5-2)10(13)8-6-7(3)14-9(8)11/h6H,4-5,11H2,1-3H3. The van der Waals surface area contributed by atoms with Gasteiger partial charge in [0.05, 0.1) is 0 Å². The Morgan fingerprint density at radius 2 is 2.07 bits per heavy atom. The number of carbonyl (C=O) groups excluding carboxylic acids is 1. The van der Waals surface area contributed by atoms with Gasteiger partial charge in [-0.25, -0.2) is 0 Å². The second-order valence-corrected chi connectivity index (χ2v) is 3.11. The first kappa shape index (κ1) is 10.6. The van der Waals surface area contributed by atoms with E-state index >= 15 is 0 Å². The van der Waals surface area contributed by atoms with Crippen LogP contribution in [0.25, 0.3) is 0 Å². The first-order valence-electron chi connectivity index (χ1n) is 4.75. The van der Waals surface area contributed by atoms with Crippen LogP contribution in [0.3, 0.4) is 0 Å². The minimum Gasteiger partial charge on any atom is -0.445 e. The lowest BCUT2D eigenvalue weighted by atomic mass is 10.2. The molecule has 0 spiro atoms. The number of hydrogen-bond donors (Lipinski definition) is 1. The first-order valence-corrected chi connectivity index (χ1v) is 4.75. The Morgan fingerprint density at radius 3 is 2.43 bits per heavy atom. The van der Waals surface area contributed by atoms with Crippen molar-refractivity contribution in [1.29, 1.82) is 0 Å². The van der Waals surface area contributed by atoms with Crippen molar-refractivity contribution in [3.63, 3.8) is 0 Å². The zero-order chi connectivity index (χ0) is 10.7. The average Bonchev–Trinajstić information content (AvgIpc) is 2.47. The van der Waals surface area contributed by atoms with Crippen LogP contribution in [0.4, 0.5) is 5.88 Å². The lowest BCUT2D eigenvalue weighted by Crippen LogP contribution is -2.30. The van der Waals surface area contributed by atoms with Crippen molar-refractivity contribution in [3.8, 4) is 0 Å². The molecule has 0 aliphatic carbocycles. The molecular formula is C10H16N2O2. The summed E-state index contributed by atoms with van der Waals surface area (Å²) in [7, 11) is 0. The third-order valence-electron chi connectivity index (χ3n) is 2.17. The zero-order valence-electron chi connectivity index (χ0n) is 8.83. The van der Waals surface area contributed by atoms with E-state index in [1.54, 1.807) is 17.9 Å². The molecule has 2 N–H and O–H groups in total. The van der Waals surface area contributed by atoms with Crippen molar-refractivity contribution in [2.24, 2.45) is 0 Å². The van der Waals surface area contributed by atoms with Crippen LogP contribution >= 0.6 is 0 Å². The summed E-state index contributed by atoms with van der Waals surface area (Å²) in [6.45, 7) is 7.00. The fourth-order valence-electron chi connectivity index (χ4n) is 1.38. The minimum absolute atomic E-state index is 0.0654. The van der Waals surface area contributed by atoms with Crippen molar-refractivity contribution in [2.75, 3.05) is 18.8 Å². The van der Waals surface area contributed by atoms with Gasteiger partial charge in [-0.3, -0.25) is 4.79 Å². The second kappa shape index (κ2) is 4.17. The molecule has 4 nitrogen and oxygen atoms in total. The third-order valence-corrected chi connectivity index (χ3v) is 2.17. The molecule has 1 aromatic rings. The third kappa shape index (κ3) is 1.89. The molecule has 0 radical (unpaired) electrons. The molecule has 1 amide bonds. The summed E-state index contributed by atoms with van der Waals surface area (Å²) in [6.07, 6.45) is 0. The van der Waals surface area contributed by atoms with E-state index in [0.29, 0.717) is 24.4 Å². The van der Waals surface area contributed by atoms with E-state index in [1.165, 1.54) is 0 Å². The lowest BCUT2D eigenvalue weighted by Gasteiger charge is -2.17. The number of anilines is 1. The Kier molecular flexibility index (Phi) is 3.17. The normalized spacial score (nSPS) is 10.2. The minimum atomic E-state index is -0.0654. The quantitative estimate of drug-likeness (QED) is 0.799. The molecule has 0 aromatic carbocycles. The highest BCUT2D eigenvalue weighted by Gasteiger charge is 2.18. The van der Waals surface area contributed by atoms with E-state index in [0.717, 1.165) is 0 Å². The number of aryl methyl sites for hydroxylation is 1. The number of hydrogen-bond acceptors (Lipinski definition) is 3. The Hall–Kier alpha value is -1.45. The number of nitrogens with two attached hydrogens (primary N) is 1. The second-order valence-electron chi connectivity index (χ2n) is 3.11. The lowest BCUT2D eigenvalue weighted by molar-refractivity contribution is 0.0773. The molecule has 0 saturated heterocycles. The van der Waals surface area contributed by atoms with Gasteiger partial charge >= 0.3 is 0 Å². The van der Waals surface area contributed by atoms with Crippen LogP contribution in [0.1, 0.15) is 30.0 Å². The smallest absolute Gasteiger partial charge is 0.259 e. The van der Waals surface area contributed by atoms with Crippen molar-refractivity contribution in [1.82, 2.24) is 4.90 Å².